The zero-order chi connectivity index (χ0) is 16.7. The fourth-order valence-corrected chi connectivity index (χ4v) is 2.24. The van der Waals surface area contributed by atoms with Crippen LogP contribution in [0.4, 0.5) is 4.39 Å². The van der Waals surface area contributed by atoms with Crippen LogP contribution < -0.4 is 14.2 Å². The Balaban J connectivity index is 2.04. The minimum atomic E-state index is -0.365. The van der Waals surface area contributed by atoms with Crippen LogP contribution in [0.1, 0.15) is 17.9 Å². The fraction of sp³-hybridized carbons (Fsp3) is 0.278. The number of hydrogen-bond donors (Lipinski definition) is 0. The van der Waals surface area contributed by atoms with Gasteiger partial charge in [-0.1, -0.05) is 18.2 Å². The lowest BCUT2D eigenvalue weighted by Crippen LogP contribution is -2.06. The van der Waals surface area contributed by atoms with Crippen LogP contribution in [0.15, 0.2) is 42.5 Å². The summed E-state index contributed by atoms with van der Waals surface area (Å²) in [5, 5.41) is 9.30. The molecule has 0 heterocycles. The molecule has 2 aromatic rings. The van der Waals surface area contributed by atoms with Gasteiger partial charge in [0.1, 0.15) is 5.82 Å². The largest absolute Gasteiger partial charge is 0.493 e. The van der Waals surface area contributed by atoms with E-state index in [2.05, 4.69) is 6.07 Å². The lowest BCUT2D eigenvalue weighted by atomic mass is 9.98. The van der Waals surface area contributed by atoms with E-state index < -0.39 is 0 Å². The summed E-state index contributed by atoms with van der Waals surface area (Å²) in [5.41, 5.74) is 0.768. The highest BCUT2D eigenvalue weighted by Gasteiger charge is 2.14. The van der Waals surface area contributed by atoms with Gasteiger partial charge < -0.3 is 14.2 Å². The van der Waals surface area contributed by atoms with E-state index in [1.165, 1.54) is 12.1 Å². The van der Waals surface area contributed by atoms with Gasteiger partial charge in [0.05, 0.1) is 32.8 Å². The van der Waals surface area contributed by atoms with Crippen molar-refractivity contribution in [1.29, 1.82) is 5.26 Å². The van der Waals surface area contributed by atoms with E-state index in [-0.39, 0.29) is 11.7 Å². The van der Waals surface area contributed by atoms with Crippen molar-refractivity contribution in [1.82, 2.24) is 0 Å². The number of halogens is 1. The summed E-state index contributed by atoms with van der Waals surface area (Å²) >= 11 is 0. The normalized spacial score (nSPS) is 11.4. The summed E-state index contributed by atoms with van der Waals surface area (Å²) in [7, 11) is 3.11. The van der Waals surface area contributed by atoms with Crippen molar-refractivity contribution < 1.29 is 18.6 Å². The number of rotatable bonds is 7. The first-order valence-electron chi connectivity index (χ1n) is 7.18. The average Bonchev–Trinajstić information content (AvgIpc) is 2.59. The highest BCUT2D eigenvalue weighted by molar-refractivity contribution is 5.51. The molecule has 23 heavy (non-hydrogen) atoms. The topological polar surface area (TPSA) is 51.5 Å². The van der Waals surface area contributed by atoms with Gasteiger partial charge in [-0.2, -0.15) is 5.26 Å². The van der Waals surface area contributed by atoms with Crippen molar-refractivity contribution in [3.63, 3.8) is 0 Å². The fourth-order valence-electron chi connectivity index (χ4n) is 2.24. The van der Waals surface area contributed by atoms with E-state index >= 15 is 0 Å². The molecule has 0 saturated heterocycles. The summed E-state index contributed by atoms with van der Waals surface area (Å²) in [6.45, 7) is 0.312. The molecule has 0 aliphatic rings. The summed E-state index contributed by atoms with van der Waals surface area (Å²) in [6, 6.07) is 13.5. The molecule has 0 fully saturated rings. The molecule has 2 rings (SSSR count). The van der Waals surface area contributed by atoms with Gasteiger partial charge in [-0.25, -0.2) is 4.39 Å². The monoisotopic (exact) mass is 315 g/mol. The lowest BCUT2D eigenvalue weighted by molar-refractivity contribution is 0.268. The summed E-state index contributed by atoms with van der Waals surface area (Å²) in [5.74, 6) is 0.962. The smallest absolute Gasteiger partial charge is 0.203 e. The second kappa shape index (κ2) is 8.04. The average molecular weight is 315 g/mol. The van der Waals surface area contributed by atoms with Crippen molar-refractivity contribution in [2.24, 2.45) is 0 Å². The number of nitriles is 1. The molecule has 2 aromatic carbocycles. The van der Waals surface area contributed by atoms with Crippen molar-refractivity contribution in [2.45, 2.75) is 12.3 Å². The SMILES string of the molecule is COc1cccc(OC)c1OCCC(C#N)c1ccc(F)cc1. The van der Waals surface area contributed by atoms with Crippen LogP contribution in [0.2, 0.25) is 0 Å². The molecule has 0 spiro atoms. The molecule has 4 nitrogen and oxygen atoms in total. The third kappa shape index (κ3) is 4.13. The molecular formula is C18H18FNO3. The van der Waals surface area contributed by atoms with E-state index in [9.17, 15) is 9.65 Å². The number of benzene rings is 2. The van der Waals surface area contributed by atoms with Crippen LogP contribution >= 0.6 is 0 Å². The Morgan fingerprint density at radius 3 is 2.17 bits per heavy atom. The molecule has 0 bridgehead atoms. The van der Waals surface area contributed by atoms with Crippen LogP contribution in [-0.2, 0) is 0 Å². The molecule has 1 atom stereocenters. The van der Waals surface area contributed by atoms with Crippen LogP contribution in [0, 0.1) is 17.1 Å². The van der Waals surface area contributed by atoms with Crippen molar-refractivity contribution in [3.8, 4) is 23.3 Å². The predicted molar refractivity (Wildman–Crippen MR) is 84.4 cm³/mol. The zero-order valence-corrected chi connectivity index (χ0v) is 13.1. The maximum absolute atomic E-state index is 13.0. The van der Waals surface area contributed by atoms with Gasteiger partial charge in [-0.3, -0.25) is 0 Å². The molecule has 0 amide bonds. The first kappa shape index (κ1) is 16.6. The zero-order valence-electron chi connectivity index (χ0n) is 13.1. The molecule has 0 saturated carbocycles. The first-order chi connectivity index (χ1) is 11.2. The van der Waals surface area contributed by atoms with E-state index in [0.717, 1.165) is 5.56 Å². The Kier molecular flexibility index (Phi) is 5.81. The molecular weight excluding hydrogens is 297 g/mol. The number of hydrogen-bond acceptors (Lipinski definition) is 4. The molecule has 0 aromatic heterocycles. The number of nitrogens with zero attached hydrogens (tertiary/aromatic N) is 1. The van der Waals surface area contributed by atoms with Gasteiger partial charge in [0.25, 0.3) is 0 Å². The maximum Gasteiger partial charge on any atom is 0.203 e. The minimum absolute atomic E-state index is 0.312. The van der Waals surface area contributed by atoms with E-state index in [1.54, 1.807) is 44.6 Å². The van der Waals surface area contributed by atoms with Crippen LogP contribution in [-0.4, -0.2) is 20.8 Å². The quantitative estimate of drug-likeness (QED) is 0.777. The molecule has 0 radical (unpaired) electrons. The summed E-state index contributed by atoms with van der Waals surface area (Å²) < 4.78 is 29.2. The Morgan fingerprint density at radius 2 is 1.65 bits per heavy atom. The van der Waals surface area contributed by atoms with Crippen molar-refractivity contribution in [3.05, 3.63) is 53.8 Å². The predicted octanol–water partition coefficient (Wildman–Crippen LogP) is 3.92. The second-order valence-electron chi connectivity index (χ2n) is 4.86. The first-order valence-corrected chi connectivity index (χ1v) is 7.18. The summed E-state index contributed by atoms with van der Waals surface area (Å²) in [4.78, 5) is 0. The van der Waals surface area contributed by atoms with Gasteiger partial charge in [0, 0.05) is 6.42 Å². The molecule has 0 N–H and O–H groups in total. The van der Waals surface area contributed by atoms with E-state index in [1.807, 2.05) is 0 Å². The van der Waals surface area contributed by atoms with Crippen LogP contribution in [0.3, 0.4) is 0 Å². The molecule has 1 unspecified atom stereocenters. The molecule has 5 heteroatoms. The van der Waals surface area contributed by atoms with Crippen molar-refractivity contribution >= 4 is 0 Å². The Labute approximate surface area is 135 Å². The summed E-state index contributed by atoms with van der Waals surface area (Å²) in [6.07, 6.45) is 0.476. The highest BCUT2D eigenvalue weighted by atomic mass is 19.1. The van der Waals surface area contributed by atoms with Gasteiger partial charge >= 0.3 is 0 Å². The maximum atomic E-state index is 13.0. The number of para-hydroxylation sites is 1. The van der Waals surface area contributed by atoms with Gasteiger partial charge in [0.15, 0.2) is 11.5 Å². The highest BCUT2D eigenvalue weighted by Crippen LogP contribution is 2.37. The Morgan fingerprint density at radius 1 is 1.04 bits per heavy atom. The molecule has 120 valence electrons. The van der Waals surface area contributed by atoms with Gasteiger partial charge in [0.2, 0.25) is 5.75 Å². The standard InChI is InChI=1S/C18H18FNO3/c1-21-16-4-3-5-17(22-2)18(16)23-11-10-14(12-20)13-6-8-15(19)9-7-13/h3-9,14H,10-11H2,1-2H3. The minimum Gasteiger partial charge on any atom is -0.493 e. The van der Waals surface area contributed by atoms with Crippen molar-refractivity contribution in [2.75, 3.05) is 20.8 Å². The number of methoxy groups -OCH3 is 2. The van der Waals surface area contributed by atoms with Crippen LogP contribution in [0.5, 0.6) is 17.2 Å². The third-order valence-corrected chi connectivity index (χ3v) is 3.46. The molecule has 0 aliphatic carbocycles. The third-order valence-electron chi connectivity index (χ3n) is 3.46. The van der Waals surface area contributed by atoms with Gasteiger partial charge in [-0.15, -0.1) is 0 Å². The lowest BCUT2D eigenvalue weighted by Gasteiger charge is -2.15. The number of ether oxygens (including phenoxy) is 3. The second-order valence-corrected chi connectivity index (χ2v) is 4.86. The Hall–Kier alpha value is -2.74. The van der Waals surface area contributed by atoms with E-state index in [0.29, 0.717) is 30.3 Å². The Bertz CT molecular complexity index is 657. The van der Waals surface area contributed by atoms with Gasteiger partial charge in [-0.05, 0) is 29.8 Å². The van der Waals surface area contributed by atoms with Crippen LogP contribution in [0.25, 0.3) is 0 Å². The van der Waals surface area contributed by atoms with E-state index in [4.69, 9.17) is 14.2 Å². The molecule has 0 aliphatic heterocycles.